The molecule has 196 valence electrons. The standard InChI is InChI=1S/C30H32N4O4/c1-32-16-24(15-31-32)21-8-10-25-22(14-21)12-13-30(25)28(36)34(29(37)38-30)18-27(35)33-17-23-5-3-2-4-19(23)9-11-26(33)20-6-7-20/h2-5,8,10,14-16,20,26-27,35H,6-7,9,11-13,17-18H2,1H3/t26-,27?,30?/m0/s1. The van der Waals surface area contributed by atoms with E-state index in [2.05, 4.69) is 34.3 Å². The summed E-state index contributed by atoms with van der Waals surface area (Å²) in [5.41, 5.74) is 4.99. The first kappa shape index (κ1) is 23.6. The van der Waals surface area contributed by atoms with Gasteiger partial charge in [0, 0.05) is 43.4 Å². The highest BCUT2D eigenvalue weighted by atomic mass is 16.6. The lowest BCUT2D eigenvalue weighted by molar-refractivity contribution is -0.140. The Morgan fingerprint density at radius 1 is 1.05 bits per heavy atom. The summed E-state index contributed by atoms with van der Waals surface area (Å²) in [6.45, 7) is 0.522. The molecule has 8 heteroatoms. The molecule has 1 spiro atoms. The number of aromatic nitrogens is 2. The van der Waals surface area contributed by atoms with Crippen LogP contribution in [0.3, 0.4) is 0 Å². The third-order valence-electron chi connectivity index (χ3n) is 8.90. The van der Waals surface area contributed by atoms with Crippen molar-refractivity contribution in [3.63, 3.8) is 0 Å². The van der Waals surface area contributed by atoms with E-state index in [1.165, 1.54) is 11.1 Å². The second-order valence-electron chi connectivity index (χ2n) is 11.3. The third-order valence-corrected chi connectivity index (χ3v) is 8.90. The predicted octanol–water partition coefficient (Wildman–Crippen LogP) is 3.75. The zero-order chi connectivity index (χ0) is 26.0. The zero-order valence-electron chi connectivity index (χ0n) is 21.5. The Labute approximate surface area is 221 Å². The first-order chi connectivity index (χ1) is 18.4. The van der Waals surface area contributed by atoms with Crippen molar-refractivity contribution in [3.05, 3.63) is 77.1 Å². The molecule has 0 bridgehead atoms. The third kappa shape index (κ3) is 3.77. The van der Waals surface area contributed by atoms with E-state index >= 15 is 0 Å². The maximum Gasteiger partial charge on any atom is 0.418 e. The molecule has 1 saturated heterocycles. The molecule has 1 aromatic heterocycles. The summed E-state index contributed by atoms with van der Waals surface area (Å²) in [5, 5.41) is 15.7. The van der Waals surface area contributed by atoms with Crippen LogP contribution in [-0.4, -0.2) is 55.5 Å². The molecule has 4 aliphatic rings. The molecule has 3 heterocycles. The van der Waals surface area contributed by atoms with E-state index in [1.54, 1.807) is 4.68 Å². The Balaban J connectivity index is 1.13. The average molecular weight is 513 g/mol. The minimum atomic E-state index is -1.30. The molecule has 2 aliphatic carbocycles. The van der Waals surface area contributed by atoms with Gasteiger partial charge in [0.15, 0.2) is 0 Å². The van der Waals surface area contributed by atoms with Crippen LogP contribution < -0.4 is 0 Å². The minimum Gasteiger partial charge on any atom is -0.427 e. The Morgan fingerprint density at radius 2 is 1.87 bits per heavy atom. The van der Waals surface area contributed by atoms with Gasteiger partial charge >= 0.3 is 6.09 Å². The first-order valence-corrected chi connectivity index (χ1v) is 13.6. The summed E-state index contributed by atoms with van der Waals surface area (Å²) in [5.74, 6) is 0.190. The molecule has 2 fully saturated rings. The number of aliphatic hydroxyl groups excluding tert-OH is 1. The van der Waals surface area contributed by atoms with Crippen molar-refractivity contribution in [1.82, 2.24) is 19.6 Å². The van der Waals surface area contributed by atoms with Crippen molar-refractivity contribution in [2.24, 2.45) is 13.0 Å². The number of carbonyl (C=O) groups is 2. The molecule has 8 nitrogen and oxygen atoms in total. The fourth-order valence-corrected chi connectivity index (χ4v) is 6.74. The number of carbonyl (C=O) groups excluding carboxylic acids is 2. The molecule has 38 heavy (non-hydrogen) atoms. The second kappa shape index (κ2) is 8.78. The Kier molecular flexibility index (Phi) is 5.46. The van der Waals surface area contributed by atoms with Crippen molar-refractivity contribution in [2.45, 2.75) is 62.9 Å². The topological polar surface area (TPSA) is 87.9 Å². The number of fused-ring (bicyclic) bond motifs is 3. The number of rotatable bonds is 5. The van der Waals surface area contributed by atoms with E-state index in [0.29, 0.717) is 25.3 Å². The average Bonchev–Trinajstić information content (AvgIpc) is 3.55. The molecule has 2 amide bonds. The van der Waals surface area contributed by atoms with Gasteiger partial charge in [0.2, 0.25) is 5.60 Å². The van der Waals surface area contributed by atoms with E-state index in [0.717, 1.165) is 52.8 Å². The number of nitrogens with zero attached hydrogens (tertiary/aromatic N) is 4. The maximum absolute atomic E-state index is 13.8. The molecule has 2 aliphatic heterocycles. The van der Waals surface area contributed by atoms with Gasteiger partial charge in [-0.05, 0) is 60.3 Å². The van der Waals surface area contributed by atoms with Crippen LogP contribution in [0.1, 0.15) is 47.9 Å². The normalized spacial score (nSPS) is 25.8. The number of β-amino-alcohol motifs (C(OH)–C–C–N with tert-alkyl or cyclic N) is 1. The van der Waals surface area contributed by atoms with E-state index in [4.69, 9.17) is 4.74 Å². The summed E-state index contributed by atoms with van der Waals surface area (Å²) in [6.07, 6.45) is 7.47. The largest absolute Gasteiger partial charge is 0.427 e. The lowest BCUT2D eigenvalue weighted by Gasteiger charge is -2.35. The fourth-order valence-electron chi connectivity index (χ4n) is 6.74. The number of ether oxygens (including phenoxy) is 1. The van der Waals surface area contributed by atoms with E-state index < -0.39 is 17.9 Å². The number of benzene rings is 2. The summed E-state index contributed by atoms with van der Waals surface area (Å²) in [4.78, 5) is 30.2. The van der Waals surface area contributed by atoms with Crippen LogP contribution in [0.15, 0.2) is 54.9 Å². The second-order valence-corrected chi connectivity index (χ2v) is 11.3. The smallest absolute Gasteiger partial charge is 0.418 e. The zero-order valence-corrected chi connectivity index (χ0v) is 21.5. The number of amides is 2. The number of hydrogen-bond acceptors (Lipinski definition) is 6. The summed E-state index contributed by atoms with van der Waals surface area (Å²) >= 11 is 0. The Morgan fingerprint density at radius 3 is 2.63 bits per heavy atom. The fraction of sp³-hybridized carbons (Fsp3) is 0.433. The highest BCUT2D eigenvalue weighted by Gasteiger charge is 2.58. The van der Waals surface area contributed by atoms with E-state index in [1.807, 2.05) is 37.6 Å². The molecule has 2 aromatic carbocycles. The van der Waals surface area contributed by atoms with Crippen molar-refractivity contribution in [1.29, 1.82) is 0 Å². The first-order valence-electron chi connectivity index (χ1n) is 13.6. The van der Waals surface area contributed by atoms with Gasteiger partial charge in [0.1, 0.15) is 6.23 Å². The summed E-state index contributed by atoms with van der Waals surface area (Å²) < 4.78 is 7.61. The van der Waals surface area contributed by atoms with Gasteiger partial charge in [-0.15, -0.1) is 0 Å². The van der Waals surface area contributed by atoms with Crippen molar-refractivity contribution >= 4 is 12.0 Å². The van der Waals surface area contributed by atoms with Gasteiger partial charge in [0.05, 0.1) is 12.7 Å². The van der Waals surface area contributed by atoms with Gasteiger partial charge in [0.25, 0.3) is 5.91 Å². The molecule has 7 rings (SSSR count). The highest BCUT2D eigenvalue weighted by Crippen LogP contribution is 2.47. The van der Waals surface area contributed by atoms with Crippen LogP contribution >= 0.6 is 0 Å². The predicted molar refractivity (Wildman–Crippen MR) is 140 cm³/mol. The van der Waals surface area contributed by atoms with Gasteiger partial charge in [-0.1, -0.05) is 42.5 Å². The highest BCUT2D eigenvalue weighted by molar-refractivity contribution is 6.04. The number of hydrogen-bond donors (Lipinski definition) is 1. The number of aliphatic hydroxyl groups is 1. The van der Waals surface area contributed by atoms with Crippen LogP contribution in [0.5, 0.6) is 0 Å². The Bertz CT molecular complexity index is 1430. The van der Waals surface area contributed by atoms with E-state index in [-0.39, 0.29) is 18.5 Å². The van der Waals surface area contributed by atoms with Gasteiger partial charge in [-0.25, -0.2) is 9.69 Å². The van der Waals surface area contributed by atoms with Crippen LogP contribution in [0.4, 0.5) is 4.79 Å². The van der Waals surface area contributed by atoms with E-state index in [9.17, 15) is 14.7 Å². The monoisotopic (exact) mass is 512 g/mol. The Hall–Kier alpha value is -3.49. The SMILES string of the molecule is Cn1cc(-c2ccc3c(c2)CCC32OC(=O)N(CC(O)N3Cc4ccccc4CC[C@H]3C3CC3)C2=O)cn1. The molecule has 2 unspecified atom stereocenters. The maximum atomic E-state index is 13.8. The summed E-state index contributed by atoms with van der Waals surface area (Å²) in [7, 11) is 1.88. The molecule has 1 saturated carbocycles. The van der Waals surface area contributed by atoms with Crippen molar-refractivity contribution in [2.75, 3.05) is 6.54 Å². The van der Waals surface area contributed by atoms with Gasteiger partial charge in [-0.2, -0.15) is 5.10 Å². The molecular formula is C30H32N4O4. The van der Waals surface area contributed by atoms with Crippen LogP contribution in [0, 0.1) is 5.92 Å². The lowest BCUT2D eigenvalue weighted by atomic mass is 9.93. The quantitative estimate of drug-likeness (QED) is 0.560. The van der Waals surface area contributed by atoms with Crippen LogP contribution in [-0.2, 0) is 41.6 Å². The molecule has 1 N–H and O–H groups in total. The number of aryl methyl sites for hydroxylation is 3. The lowest BCUT2D eigenvalue weighted by Crippen LogP contribution is -2.50. The van der Waals surface area contributed by atoms with Gasteiger partial charge < -0.3 is 9.84 Å². The molecule has 3 atom stereocenters. The van der Waals surface area contributed by atoms with Crippen LogP contribution in [0.25, 0.3) is 11.1 Å². The van der Waals surface area contributed by atoms with Crippen molar-refractivity contribution in [3.8, 4) is 11.1 Å². The van der Waals surface area contributed by atoms with Crippen LogP contribution in [0.2, 0.25) is 0 Å². The molecule has 3 aromatic rings. The van der Waals surface area contributed by atoms with Crippen molar-refractivity contribution < 1.29 is 19.4 Å². The minimum absolute atomic E-state index is 0.0894. The number of imide groups is 1. The molecular weight excluding hydrogens is 480 g/mol. The summed E-state index contributed by atoms with van der Waals surface area (Å²) in [6, 6.07) is 14.5. The van der Waals surface area contributed by atoms with Gasteiger partial charge in [-0.3, -0.25) is 14.4 Å². The molecule has 0 radical (unpaired) electrons.